The molecule has 1 amide bonds. The first-order chi connectivity index (χ1) is 10.8. The van der Waals surface area contributed by atoms with E-state index in [4.69, 9.17) is 9.47 Å². The molecule has 0 aromatic heterocycles. The molecular weight excluding hydrogens is 304 g/mol. The Morgan fingerprint density at radius 3 is 2.48 bits per heavy atom. The molecule has 0 bridgehead atoms. The molecule has 0 radical (unpaired) electrons. The van der Waals surface area contributed by atoms with Crippen LogP contribution in [0.4, 0.5) is 13.6 Å². The highest BCUT2D eigenvalue weighted by molar-refractivity contribution is 5.68. The van der Waals surface area contributed by atoms with Crippen molar-refractivity contribution < 1.29 is 23.0 Å². The average Bonchev–Trinajstić information content (AvgIpc) is 2.89. The van der Waals surface area contributed by atoms with Crippen LogP contribution >= 0.6 is 0 Å². The maximum Gasteiger partial charge on any atom is 0.410 e. The zero-order valence-electron chi connectivity index (χ0n) is 13.7. The van der Waals surface area contributed by atoms with E-state index in [1.807, 2.05) is 30.3 Å². The lowest BCUT2D eigenvalue weighted by Crippen LogP contribution is -2.36. The first kappa shape index (κ1) is 17.7. The van der Waals surface area contributed by atoms with Crippen molar-refractivity contribution >= 4 is 6.09 Å². The summed E-state index contributed by atoms with van der Waals surface area (Å²) in [6.07, 6.45) is -3.81. The van der Waals surface area contributed by atoms with E-state index < -0.39 is 30.1 Å². The van der Waals surface area contributed by atoms with E-state index >= 15 is 0 Å². The third-order valence-corrected chi connectivity index (χ3v) is 3.59. The Morgan fingerprint density at radius 1 is 1.26 bits per heavy atom. The van der Waals surface area contributed by atoms with Gasteiger partial charge in [-0.3, -0.25) is 0 Å². The van der Waals surface area contributed by atoms with E-state index in [0.717, 1.165) is 5.56 Å². The number of amides is 1. The number of ether oxygens (including phenoxy) is 2. The standard InChI is InChI=1S/C17H23F2NO3/c1-17(2,3)23-16(21)20-9-13(15(18)19)14(10-20)22-11-12-7-5-4-6-8-12/h4-8,13-15H,9-11H2,1-3H3/t13-,14-/m1/s1. The Bertz CT molecular complexity index is 516. The van der Waals surface area contributed by atoms with E-state index in [2.05, 4.69) is 0 Å². The third kappa shape index (κ3) is 5.16. The van der Waals surface area contributed by atoms with Crippen LogP contribution in [0.5, 0.6) is 0 Å². The SMILES string of the molecule is CC(C)(C)OC(=O)N1C[C@@H](OCc2ccccc2)[C@H](C(F)F)C1. The molecule has 0 spiro atoms. The summed E-state index contributed by atoms with van der Waals surface area (Å²) in [4.78, 5) is 13.4. The van der Waals surface area contributed by atoms with Crippen molar-refractivity contribution in [2.45, 2.75) is 45.5 Å². The number of nitrogens with zero attached hydrogens (tertiary/aromatic N) is 1. The van der Waals surface area contributed by atoms with Gasteiger partial charge in [0.15, 0.2) is 0 Å². The van der Waals surface area contributed by atoms with Crippen molar-refractivity contribution in [3.8, 4) is 0 Å². The number of carbonyl (C=O) groups is 1. The number of halogens is 2. The van der Waals surface area contributed by atoms with Crippen molar-refractivity contribution in [2.75, 3.05) is 13.1 Å². The lowest BCUT2D eigenvalue weighted by molar-refractivity contribution is -0.0317. The van der Waals surface area contributed by atoms with Crippen LogP contribution in [-0.4, -0.2) is 42.2 Å². The number of likely N-dealkylation sites (tertiary alicyclic amines) is 1. The second-order valence-electron chi connectivity index (χ2n) is 6.72. The molecule has 128 valence electrons. The Morgan fingerprint density at radius 2 is 1.91 bits per heavy atom. The Kier molecular flexibility index (Phi) is 5.57. The normalized spacial score (nSPS) is 21.7. The summed E-state index contributed by atoms with van der Waals surface area (Å²) in [7, 11) is 0. The van der Waals surface area contributed by atoms with Crippen molar-refractivity contribution in [1.29, 1.82) is 0 Å². The minimum Gasteiger partial charge on any atom is -0.444 e. The molecule has 1 aromatic carbocycles. The molecule has 0 aliphatic carbocycles. The molecule has 1 saturated heterocycles. The zero-order chi connectivity index (χ0) is 17.0. The molecule has 0 unspecified atom stereocenters. The quantitative estimate of drug-likeness (QED) is 0.846. The van der Waals surface area contributed by atoms with E-state index in [0.29, 0.717) is 0 Å². The molecule has 1 aromatic rings. The van der Waals surface area contributed by atoms with Crippen LogP contribution < -0.4 is 0 Å². The number of rotatable bonds is 4. The largest absolute Gasteiger partial charge is 0.444 e. The first-order valence-corrected chi connectivity index (χ1v) is 7.68. The molecule has 4 nitrogen and oxygen atoms in total. The highest BCUT2D eigenvalue weighted by atomic mass is 19.3. The summed E-state index contributed by atoms with van der Waals surface area (Å²) in [5, 5.41) is 0. The fourth-order valence-electron chi connectivity index (χ4n) is 2.47. The van der Waals surface area contributed by atoms with Crippen LogP contribution in [0.15, 0.2) is 30.3 Å². The summed E-state index contributed by atoms with van der Waals surface area (Å²) in [5.74, 6) is -0.994. The van der Waals surface area contributed by atoms with Gasteiger partial charge in [0.25, 0.3) is 0 Å². The third-order valence-electron chi connectivity index (χ3n) is 3.59. The predicted molar refractivity (Wildman–Crippen MR) is 82.3 cm³/mol. The topological polar surface area (TPSA) is 38.8 Å². The van der Waals surface area contributed by atoms with Gasteiger partial charge in [-0.2, -0.15) is 0 Å². The van der Waals surface area contributed by atoms with Crippen LogP contribution in [0.25, 0.3) is 0 Å². The number of benzene rings is 1. The lowest BCUT2D eigenvalue weighted by atomic mass is 10.1. The second-order valence-corrected chi connectivity index (χ2v) is 6.72. The molecule has 23 heavy (non-hydrogen) atoms. The molecule has 2 rings (SSSR count). The minimum atomic E-state index is -2.54. The lowest BCUT2D eigenvalue weighted by Gasteiger charge is -2.24. The number of hydrogen-bond acceptors (Lipinski definition) is 3. The van der Waals surface area contributed by atoms with Crippen LogP contribution in [-0.2, 0) is 16.1 Å². The summed E-state index contributed by atoms with van der Waals surface area (Å²) in [5.41, 5.74) is 0.261. The Labute approximate surface area is 135 Å². The molecule has 1 heterocycles. The molecule has 0 N–H and O–H groups in total. The van der Waals surface area contributed by atoms with Gasteiger partial charge in [0.05, 0.1) is 25.2 Å². The predicted octanol–water partition coefficient (Wildman–Crippen LogP) is 3.70. The highest BCUT2D eigenvalue weighted by Crippen LogP contribution is 2.28. The van der Waals surface area contributed by atoms with Crippen molar-refractivity contribution in [2.24, 2.45) is 5.92 Å². The van der Waals surface area contributed by atoms with Crippen molar-refractivity contribution in [1.82, 2.24) is 4.90 Å². The van der Waals surface area contributed by atoms with Gasteiger partial charge in [-0.25, -0.2) is 13.6 Å². The molecule has 6 heteroatoms. The van der Waals surface area contributed by atoms with E-state index in [9.17, 15) is 13.6 Å². The molecular formula is C17H23F2NO3. The Balaban J connectivity index is 1.96. The van der Waals surface area contributed by atoms with Gasteiger partial charge in [-0.1, -0.05) is 30.3 Å². The average molecular weight is 327 g/mol. The summed E-state index contributed by atoms with van der Waals surface area (Å²) < 4.78 is 37.4. The fourth-order valence-corrected chi connectivity index (χ4v) is 2.47. The Hall–Kier alpha value is -1.69. The zero-order valence-corrected chi connectivity index (χ0v) is 13.7. The monoisotopic (exact) mass is 327 g/mol. The van der Waals surface area contributed by atoms with Crippen LogP contribution in [0.3, 0.4) is 0 Å². The molecule has 1 aliphatic rings. The van der Waals surface area contributed by atoms with E-state index in [1.165, 1.54) is 4.90 Å². The highest BCUT2D eigenvalue weighted by Gasteiger charge is 2.42. The maximum absolute atomic E-state index is 13.2. The van der Waals surface area contributed by atoms with Gasteiger partial charge in [0, 0.05) is 6.54 Å². The van der Waals surface area contributed by atoms with Crippen molar-refractivity contribution in [3.63, 3.8) is 0 Å². The summed E-state index contributed by atoms with van der Waals surface area (Å²) in [6, 6.07) is 9.36. The number of alkyl halides is 2. The first-order valence-electron chi connectivity index (χ1n) is 7.68. The van der Waals surface area contributed by atoms with E-state index in [-0.39, 0.29) is 19.7 Å². The molecule has 0 saturated carbocycles. The molecule has 2 atom stereocenters. The summed E-state index contributed by atoms with van der Waals surface area (Å²) >= 11 is 0. The van der Waals surface area contributed by atoms with Gasteiger partial charge in [-0.15, -0.1) is 0 Å². The fraction of sp³-hybridized carbons (Fsp3) is 0.588. The van der Waals surface area contributed by atoms with Gasteiger partial charge < -0.3 is 14.4 Å². The smallest absolute Gasteiger partial charge is 0.410 e. The number of hydrogen-bond donors (Lipinski definition) is 0. The van der Waals surface area contributed by atoms with Crippen LogP contribution in [0.2, 0.25) is 0 Å². The molecule has 1 aliphatic heterocycles. The van der Waals surface area contributed by atoms with Crippen LogP contribution in [0, 0.1) is 5.92 Å². The number of carbonyl (C=O) groups excluding carboxylic acids is 1. The van der Waals surface area contributed by atoms with Crippen LogP contribution in [0.1, 0.15) is 26.3 Å². The molecule has 1 fully saturated rings. The second kappa shape index (κ2) is 7.25. The van der Waals surface area contributed by atoms with Gasteiger partial charge in [0.2, 0.25) is 6.43 Å². The maximum atomic E-state index is 13.2. The summed E-state index contributed by atoms with van der Waals surface area (Å²) in [6.45, 7) is 5.55. The van der Waals surface area contributed by atoms with Gasteiger partial charge in [0.1, 0.15) is 5.60 Å². The van der Waals surface area contributed by atoms with Gasteiger partial charge >= 0.3 is 6.09 Å². The van der Waals surface area contributed by atoms with Gasteiger partial charge in [-0.05, 0) is 26.3 Å². The van der Waals surface area contributed by atoms with E-state index in [1.54, 1.807) is 20.8 Å². The van der Waals surface area contributed by atoms with Crippen molar-refractivity contribution in [3.05, 3.63) is 35.9 Å². The minimum absolute atomic E-state index is 0.0496.